The molecule has 0 saturated heterocycles. The smallest absolute Gasteiger partial charge is 0.255 e. The molecule has 2 aromatic carbocycles. The second kappa shape index (κ2) is 11.7. The third kappa shape index (κ3) is 4.67. The Morgan fingerprint density at radius 2 is 1.68 bits per heavy atom. The number of carbonyl (C=O) groups excluding carboxylic acids is 4. The highest BCUT2D eigenvalue weighted by Crippen LogP contribution is 2.56. The summed E-state index contributed by atoms with van der Waals surface area (Å²) in [5.41, 5.74) is 1.34. The first kappa shape index (κ1) is 33.3. The molecule has 0 spiro atoms. The fourth-order valence-electron chi connectivity index (χ4n) is 6.69. The normalized spacial score (nSPS) is 28.5. The molecular weight excluding hydrogens is 706 g/mol. The molecule has 234 valence electrons. The zero-order chi connectivity index (χ0) is 31.7. The summed E-state index contributed by atoms with van der Waals surface area (Å²) in [6.45, 7) is 1.62. The number of amides is 2. The van der Waals surface area contributed by atoms with Crippen molar-refractivity contribution in [1.82, 2.24) is 4.90 Å². The molecule has 3 aliphatic rings. The number of aromatic hydroxyl groups is 1. The molecule has 14 heteroatoms. The Hall–Kier alpha value is -3.56. The van der Waals surface area contributed by atoms with Crippen molar-refractivity contribution in [2.75, 3.05) is 19.4 Å². The first-order chi connectivity index (χ1) is 20.2. The number of hydrogen-bond donors (Lipinski definition) is 7. The molecule has 2 aromatic rings. The maximum absolute atomic E-state index is 14.0. The minimum Gasteiger partial charge on any atom is -0.510 e. The molecule has 7 atom stereocenters. The van der Waals surface area contributed by atoms with E-state index in [0.29, 0.717) is 5.56 Å². The number of nitrogens with one attached hydrogen (secondary N) is 1. The van der Waals surface area contributed by atoms with Crippen LogP contribution < -0.4 is 11.1 Å². The van der Waals surface area contributed by atoms with Crippen LogP contribution >= 0.6 is 32.9 Å². The van der Waals surface area contributed by atoms with E-state index in [1.54, 1.807) is 37.3 Å². The second-order valence-corrected chi connectivity index (χ2v) is 12.2. The monoisotopic (exact) mass is 735 g/mol. The minimum absolute atomic E-state index is 0. The van der Waals surface area contributed by atoms with E-state index < -0.39 is 92.1 Å². The van der Waals surface area contributed by atoms with Crippen LogP contribution in [-0.4, -0.2) is 85.7 Å². The molecule has 2 amide bonds. The predicted molar refractivity (Wildman–Crippen MR) is 167 cm³/mol. The lowest BCUT2D eigenvalue weighted by molar-refractivity contribution is -0.162. The Balaban J connectivity index is 0.00000442. The lowest BCUT2D eigenvalue weighted by Gasteiger charge is -2.53. The number of aliphatic hydroxyl groups excluding tert-OH is 3. The van der Waals surface area contributed by atoms with Gasteiger partial charge in [-0.1, -0.05) is 59.3 Å². The number of carbonyl (C=O) groups is 4. The summed E-state index contributed by atoms with van der Waals surface area (Å²) in [6, 6.07) is 10.3. The molecule has 0 heterocycles. The van der Waals surface area contributed by atoms with E-state index in [1.165, 1.54) is 31.1 Å². The van der Waals surface area contributed by atoms with Crippen LogP contribution in [0.1, 0.15) is 39.2 Å². The first-order valence-electron chi connectivity index (χ1n) is 13.3. The number of phenolic OH excluding ortho intramolecular Hbond substituents is 1. The summed E-state index contributed by atoms with van der Waals surface area (Å²) in [4.78, 5) is 53.2. The van der Waals surface area contributed by atoms with Crippen molar-refractivity contribution in [3.63, 3.8) is 0 Å². The van der Waals surface area contributed by atoms with Crippen LogP contribution in [0.25, 0.3) is 0 Å². The molecule has 5 unspecified atom stereocenters. The Morgan fingerprint density at radius 3 is 2.25 bits per heavy atom. The lowest BCUT2D eigenvalue weighted by atomic mass is 9.55. The van der Waals surface area contributed by atoms with E-state index in [4.69, 9.17) is 5.73 Å². The number of Topliss-reactive ketones (excluding diaryl/α,β-unsaturated/α-hetero) is 2. The SMILES string of the molecule is Br.CC1c2ccc(NC(=O)C(Br)c3ccccc3)c(O)c2C(=O)C2=C(O)[C@]3(O)C(=O)C(C(N)=O)=C(O)[C@@H](N(C)C)C3C(O)C21. The molecule has 0 aliphatic heterocycles. The van der Waals surface area contributed by atoms with E-state index in [2.05, 4.69) is 21.2 Å². The van der Waals surface area contributed by atoms with Gasteiger partial charge < -0.3 is 36.6 Å². The summed E-state index contributed by atoms with van der Waals surface area (Å²) < 4.78 is 0. The maximum atomic E-state index is 14.0. The van der Waals surface area contributed by atoms with Gasteiger partial charge in [-0.25, -0.2) is 0 Å². The quantitative estimate of drug-likeness (QED) is 0.135. The van der Waals surface area contributed by atoms with Crippen LogP contribution in [-0.2, 0) is 14.4 Å². The third-order valence-electron chi connectivity index (χ3n) is 8.71. The first-order valence-corrected chi connectivity index (χ1v) is 14.3. The highest BCUT2D eigenvalue weighted by molar-refractivity contribution is 9.09. The highest BCUT2D eigenvalue weighted by atomic mass is 79.9. The summed E-state index contributed by atoms with van der Waals surface area (Å²) in [5, 5.41) is 59.6. The van der Waals surface area contributed by atoms with Gasteiger partial charge in [0.15, 0.2) is 17.1 Å². The van der Waals surface area contributed by atoms with Gasteiger partial charge in [-0.15, -0.1) is 17.0 Å². The molecule has 3 aliphatic carbocycles. The van der Waals surface area contributed by atoms with E-state index in [0.717, 1.165) is 0 Å². The zero-order valence-electron chi connectivity index (χ0n) is 23.7. The van der Waals surface area contributed by atoms with Crippen LogP contribution in [0.3, 0.4) is 0 Å². The van der Waals surface area contributed by atoms with Gasteiger partial charge in [0.25, 0.3) is 5.91 Å². The zero-order valence-corrected chi connectivity index (χ0v) is 27.0. The van der Waals surface area contributed by atoms with Gasteiger partial charge in [0, 0.05) is 11.5 Å². The van der Waals surface area contributed by atoms with E-state index in [1.807, 2.05) is 0 Å². The van der Waals surface area contributed by atoms with Crippen LogP contribution in [0.15, 0.2) is 65.1 Å². The van der Waals surface area contributed by atoms with Crippen molar-refractivity contribution in [3.8, 4) is 5.75 Å². The van der Waals surface area contributed by atoms with Gasteiger partial charge in [0.2, 0.25) is 11.7 Å². The summed E-state index contributed by atoms with van der Waals surface area (Å²) in [5.74, 6) is -10.5. The van der Waals surface area contributed by atoms with Crippen LogP contribution in [0.5, 0.6) is 5.75 Å². The molecule has 0 fully saturated rings. The van der Waals surface area contributed by atoms with E-state index >= 15 is 0 Å². The number of anilines is 1. The molecule has 0 aromatic heterocycles. The van der Waals surface area contributed by atoms with Crippen molar-refractivity contribution in [2.24, 2.45) is 17.6 Å². The highest BCUT2D eigenvalue weighted by Gasteiger charge is 2.67. The molecule has 5 rings (SSSR count). The Morgan fingerprint density at radius 1 is 1.07 bits per heavy atom. The van der Waals surface area contributed by atoms with Crippen LogP contribution in [0, 0.1) is 11.8 Å². The third-order valence-corrected chi connectivity index (χ3v) is 9.66. The standard InChI is InChI=1S/C30H30BrN3O9.BrH/c1-11-13-9-10-14(33-29(42)20(31)12-7-5-4-6-8-12)22(35)16(13)23(36)17-15(11)24(37)19-21(34(2)3)25(38)18(28(32)41)27(40)30(19,43)26(17)39;/h4-11,15,19-21,24,35,37-39,43H,1-3H3,(H2,32,41)(H,33,42);1H/t11?,15?,19?,20?,21-,24?,30-;/m0./s1. The topological polar surface area (TPSA) is 211 Å². The summed E-state index contributed by atoms with van der Waals surface area (Å²) in [6.07, 6.45) is -1.70. The molecular formula is C30H31Br2N3O9. The van der Waals surface area contributed by atoms with Gasteiger partial charge in [-0.3, -0.25) is 24.1 Å². The largest absolute Gasteiger partial charge is 0.510 e. The fourth-order valence-corrected chi connectivity index (χ4v) is 7.11. The summed E-state index contributed by atoms with van der Waals surface area (Å²) in [7, 11) is 2.93. The van der Waals surface area contributed by atoms with Gasteiger partial charge in [0.1, 0.15) is 21.9 Å². The lowest BCUT2D eigenvalue weighted by Crippen LogP contribution is -2.68. The predicted octanol–water partition coefficient (Wildman–Crippen LogP) is 2.31. The van der Waals surface area contributed by atoms with Crippen molar-refractivity contribution in [3.05, 3.63) is 81.8 Å². The number of phenols is 1. The van der Waals surface area contributed by atoms with Gasteiger partial charge in [-0.2, -0.15) is 0 Å². The van der Waals surface area contributed by atoms with Crippen molar-refractivity contribution in [1.29, 1.82) is 0 Å². The number of ketones is 2. The number of nitrogens with zero attached hydrogens (tertiary/aromatic N) is 1. The van der Waals surface area contributed by atoms with Crippen molar-refractivity contribution >= 4 is 62.0 Å². The number of likely N-dealkylation sites (N-methyl/N-ethyl adjacent to an activating group) is 1. The minimum atomic E-state index is -3.01. The van der Waals surface area contributed by atoms with Crippen molar-refractivity contribution < 1.29 is 44.7 Å². The fraction of sp³-hybridized carbons (Fsp3) is 0.333. The van der Waals surface area contributed by atoms with Crippen LogP contribution in [0.2, 0.25) is 0 Å². The Bertz CT molecular complexity index is 1640. The molecule has 44 heavy (non-hydrogen) atoms. The number of fused-ring (bicyclic) bond motifs is 3. The summed E-state index contributed by atoms with van der Waals surface area (Å²) >= 11 is 3.32. The van der Waals surface area contributed by atoms with E-state index in [9.17, 15) is 44.7 Å². The Kier molecular flexibility index (Phi) is 8.90. The number of halogens is 2. The van der Waals surface area contributed by atoms with Gasteiger partial charge in [0.05, 0.1) is 29.3 Å². The van der Waals surface area contributed by atoms with Gasteiger partial charge in [-0.05, 0) is 37.2 Å². The molecule has 0 radical (unpaired) electrons. The molecule has 8 N–H and O–H groups in total. The average molecular weight is 737 g/mol. The number of nitrogens with two attached hydrogens (primary N) is 1. The molecule has 12 nitrogen and oxygen atoms in total. The maximum Gasteiger partial charge on any atom is 0.255 e. The number of primary amides is 1. The number of alkyl halides is 1. The molecule has 0 bridgehead atoms. The molecule has 0 saturated carbocycles. The average Bonchev–Trinajstić information content (AvgIpc) is 2.95. The number of hydrogen-bond acceptors (Lipinski definition) is 10. The number of benzene rings is 2. The van der Waals surface area contributed by atoms with E-state index in [-0.39, 0.29) is 33.8 Å². The number of rotatable bonds is 5. The van der Waals surface area contributed by atoms with Crippen LogP contribution in [0.4, 0.5) is 5.69 Å². The number of aliphatic hydroxyl groups is 4. The Labute approximate surface area is 270 Å². The van der Waals surface area contributed by atoms with Crippen molar-refractivity contribution in [2.45, 2.75) is 35.4 Å². The van der Waals surface area contributed by atoms with Gasteiger partial charge >= 0.3 is 0 Å². The second-order valence-electron chi connectivity index (χ2n) is 11.2.